The summed E-state index contributed by atoms with van der Waals surface area (Å²) in [5.74, 6) is 0.657. The quantitative estimate of drug-likeness (QED) is 0.878. The van der Waals surface area contributed by atoms with Gasteiger partial charge in [-0.05, 0) is 12.5 Å². The highest BCUT2D eigenvalue weighted by Gasteiger charge is 2.27. The van der Waals surface area contributed by atoms with Crippen LogP contribution in [0, 0.1) is 0 Å². The maximum absolute atomic E-state index is 12.2. The number of nitrogens with zero attached hydrogens (tertiary/aromatic N) is 2. The van der Waals surface area contributed by atoms with Crippen molar-refractivity contribution in [2.45, 2.75) is 30.6 Å². The van der Waals surface area contributed by atoms with Gasteiger partial charge in [0.15, 0.2) is 5.16 Å². The van der Waals surface area contributed by atoms with Crippen molar-refractivity contribution >= 4 is 17.7 Å². The fourth-order valence-corrected chi connectivity index (χ4v) is 3.70. The van der Waals surface area contributed by atoms with E-state index in [0.29, 0.717) is 17.3 Å². The highest BCUT2D eigenvalue weighted by molar-refractivity contribution is 7.99. The number of amides is 1. The second-order valence-electron chi connectivity index (χ2n) is 5.30. The molecule has 2 heterocycles. The predicted octanol–water partition coefficient (Wildman–Crippen LogP) is 2.16. The molecule has 1 aromatic heterocycles. The van der Waals surface area contributed by atoms with Gasteiger partial charge in [0.1, 0.15) is 0 Å². The van der Waals surface area contributed by atoms with Gasteiger partial charge in [-0.15, -0.1) is 0 Å². The number of carbonyl (C=O) groups excluding carboxylic acids is 1. The van der Waals surface area contributed by atoms with Crippen molar-refractivity contribution in [1.29, 1.82) is 0 Å². The van der Waals surface area contributed by atoms with E-state index in [1.165, 1.54) is 24.0 Å². The fourth-order valence-electron chi connectivity index (χ4n) is 2.58. The van der Waals surface area contributed by atoms with E-state index in [1.807, 2.05) is 37.3 Å². The SMILES string of the molecule is CC(NC(=O)CC1CSc2nccc(=O)n21)c1ccccc1. The van der Waals surface area contributed by atoms with Crippen LogP contribution in [0.4, 0.5) is 0 Å². The fraction of sp³-hybridized carbons (Fsp3) is 0.312. The van der Waals surface area contributed by atoms with Gasteiger partial charge in [-0.1, -0.05) is 42.1 Å². The summed E-state index contributed by atoms with van der Waals surface area (Å²) in [7, 11) is 0. The van der Waals surface area contributed by atoms with Crippen molar-refractivity contribution in [3.05, 3.63) is 58.5 Å². The molecule has 1 aliphatic heterocycles. The average molecular weight is 315 g/mol. The lowest BCUT2D eigenvalue weighted by Crippen LogP contribution is -2.31. The Morgan fingerprint density at radius 3 is 2.95 bits per heavy atom. The van der Waals surface area contributed by atoms with Crippen LogP contribution in [0.3, 0.4) is 0 Å². The molecular formula is C16H17N3O2S. The van der Waals surface area contributed by atoms with Gasteiger partial charge in [0.05, 0.1) is 12.1 Å². The molecule has 0 saturated carbocycles. The number of hydrogen-bond acceptors (Lipinski definition) is 4. The lowest BCUT2D eigenvalue weighted by molar-refractivity contribution is -0.122. The smallest absolute Gasteiger partial charge is 0.254 e. The lowest BCUT2D eigenvalue weighted by Gasteiger charge is -2.17. The maximum atomic E-state index is 12.2. The zero-order valence-corrected chi connectivity index (χ0v) is 13.0. The number of aromatic nitrogens is 2. The van der Waals surface area contributed by atoms with Crippen LogP contribution in [0.2, 0.25) is 0 Å². The number of thioether (sulfide) groups is 1. The molecule has 5 nitrogen and oxygen atoms in total. The van der Waals surface area contributed by atoms with E-state index in [1.54, 1.807) is 4.57 Å². The minimum absolute atomic E-state index is 0.0483. The Morgan fingerprint density at radius 1 is 1.41 bits per heavy atom. The summed E-state index contributed by atoms with van der Waals surface area (Å²) < 4.78 is 1.62. The van der Waals surface area contributed by atoms with E-state index in [4.69, 9.17) is 0 Å². The molecule has 1 amide bonds. The summed E-state index contributed by atoms with van der Waals surface area (Å²) >= 11 is 1.52. The Morgan fingerprint density at radius 2 is 2.18 bits per heavy atom. The van der Waals surface area contributed by atoms with Crippen LogP contribution in [0.1, 0.15) is 31.0 Å². The number of rotatable bonds is 4. The molecule has 3 rings (SSSR count). The Hall–Kier alpha value is -2.08. The summed E-state index contributed by atoms with van der Waals surface area (Å²) in [4.78, 5) is 28.4. The molecular weight excluding hydrogens is 298 g/mol. The third-order valence-electron chi connectivity index (χ3n) is 3.71. The Balaban J connectivity index is 1.66. The standard InChI is InChI=1S/C16H17N3O2S/c1-11(12-5-3-2-4-6-12)18-14(20)9-13-10-22-16-17-8-7-15(21)19(13)16/h2-8,11,13H,9-10H2,1H3,(H,18,20). The van der Waals surface area contributed by atoms with E-state index in [2.05, 4.69) is 10.3 Å². The maximum Gasteiger partial charge on any atom is 0.254 e. The first kappa shape index (κ1) is 14.8. The van der Waals surface area contributed by atoms with Crippen LogP contribution in [0.25, 0.3) is 0 Å². The van der Waals surface area contributed by atoms with Crippen molar-refractivity contribution in [2.75, 3.05) is 5.75 Å². The van der Waals surface area contributed by atoms with Crippen molar-refractivity contribution < 1.29 is 4.79 Å². The second-order valence-corrected chi connectivity index (χ2v) is 6.29. The van der Waals surface area contributed by atoms with Crippen molar-refractivity contribution in [1.82, 2.24) is 14.9 Å². The average Bonchev–Trinajstić information content (AvgIpc) is 2.92. The van der Waals surface area contributed by atoms with Crippen LogP contribution in [-0.2, 0) is 4.79 Å². The lowest BCUT2D eigenvalue weighted by atomic mass is 10.1. The zero-order valence-electron chi connectivity index (χ0n) is 12.2. The van der Waals surface area contributed by atoms with E-state index >= 15 is 0 Å². The Labute approximate surface area is 132 Å². The number of benzene rings is 1. The van der Waals surface area contributed by atoms with Crippen LogP contribution in [-0.4, -0.2) is 21.2 Å². The minimum Gasteiger partial charge on any atom is -0.350 e. The van der Waals surface area contributed by atoms with Crippen LogP contribution >= 0.6 is 11.8 Å². The van der Waals surface area contributed by atoms with Gasteiger partial charge < -0.3 is 5.32 Å². The minimum atomic E-state index is -0.121. The second kappa shape index (κ2) is 6.36. The topological polar surface area (TPSA) is 64.0 Å². The summed E-state index contributed by atoms with van der Waals surface area (Å²) in [5.41, 5.74) is 0.972. The number of hydrogen-bond donors (Lipinski definition) is 1. The number of nitrogens with one attached hydrogen (secondary N) is 1. The highest BCUT2D eigenvalue weighted by atomic mass is 32.2. The molecule has 6 heteroatoms. The van der Waals surface area contributed by atoms with Gasteiger partial charge in [-0.3, -0.25) is 14.2 Å². The molecule has 1 N–H and O–H groups in total. The number of fused-ring (bicyclic) bond motifs is 1. The van der Waals surface area contributed by atoms with Gasteiger partial charge in [0, 0.05) is 24.4 Å². The number of carbonyl (C=O) groups is 1. The van der Waals surface area contributed by atoms with Gasteiger partial charge in [-0.2, -0.15) is 0 Å². The summed E-state index contributed by atoms with van der Waals surface area (Å²) in [5, 5.41) is 3.69. The molecule has 2 aromatic rings. The summed E-state index contributed by atoms with van der Waals surface area (Å²) in [6, 6.07) is 11.1. The van der Waals surface area contributed by atoms with Gasteiger partial charge in [0.25, 0.3) is 5.56 Å². The molecule has 2 atom stereocenters. The first-order valence-corrected chi connectivity index (χ1v) is 8.18. The van der Waals surface area contributed by atoms with Gasteiger partial charge >= 0.3 is 0 Å². The molecule has 1 aromatic carbocycles. The summed E-state index contributed by atoms with van der Waals surface area (Å²) in [6.07, 6.45) is 1.81. The molecule has 0 spiro atoms. The summed E-state index contributed by atoms with van der Waals surface area (Å²) in [6.45, 7) is 1.96. The van der Waals surface area contributed by atoms with E-state index in [0.717, 1.165) is 5.56 Å². The van der Waals surface area contributed by atoms with Gasteiger partial charge in [-0.25, -0.2) is 4.98 Å². The molecule has 1 aliphatic rings. The van der Waals surface area contributed by atoms with E-state index < -0.39 is 0 Å². The normalized spacial score (nSPS) is 17.8. The molecule has 0 fully saturated rings. The third kappa shape index (κ3) is 3.06. The first-order chi connectivity index (χ1) is 10.6. The van der Waals surface area contributed by atoms with Crippen LogP contribution in [0.15, 0.2) is 52.5 Å². The first-order valence-electron chi connectivity index (χ1n) is 7.20. The highest BCUT2D eigenvalue weighted by Crippen LogP contribution is 2.31. The van der Waals surface area contributed by atoms with Crippen molar-refractivity contribution in [3.8, 4) is 0 Å². The van der Waals surface area contributed by atoms with Crippen molar-refractivity contribution in [3.63, 3.8) is 0 Å². The van der Waals surface area contributed by atoms with E-state index in [-0.39, 0.29) is 23.6 Å². The Kier molecular flexibility index (Phi) is 4.29. The molecule has 0 aliphatic carbocycles. The molecule has 0 saturated heterocycles. The molecule has 22 heavy (non-hydrogen) atoms. The largest absolute Gasteiger partial charge is 0.350 e. The van der Waals surface area contributed by atoms with Crippen molar-refractivity contribution in [2.24, 2.45) is 0 Å². The monoisotopic (exact) mass is 315 g/mol. The molecule has 2 unspecified atom stereocenters. The molecule has 114 valence electrons. The zero-order chi connectivity index (χ0) is 15.5. The Bertz CT molecular complexity index is 730. The van der Waals surface area contributed by atoms with Crippen LogP contribution in [0.5, 0.6) is 0 Å². The molecule has 0 bridgehead atoms. The van der Waals surface area contributed by atoms with E-state index in [9.17, 15) is 9.59 Å². The van der Waals surface area contributed by atoms with Crippen LogP contribution < -0.4 is 10.9 Å². The van der Waals surface area contributed by atoms with Gasteiger partial charge in [0.2, 0.25) is 5.91 Å². The third-order valence-corrected chi connectivity index (χ3v) is 4.83. The predicted molar refractivity (Wildman–Crippen MR) is 85.9 cm³/mol. The molecule has 0 radical (unpaired) electrons.